The van der Waals surface area contributed by atoms with Crippen molar-refractivity contribution in [3.63, 3.8) is 0 Å². The zero-order valence-corrected chi connectivity index (χ0v) is 17.0. The number of amides is 1. The second-order valence-electron chi connectivity index (χ2n) is 6.87. The molecule has 30 heavy (non-hydrogen) atoms. The van der Waals surface area contributed by atoms with Crippen molar-refractivity contribution >= 4 is 33.1 Å². The summed E-state index contributed by atoms with van der Waals surface area (Å²) in [6.45, 7) is 2.09. The number of piperidine rings is 1. The van der Waals surface area contributed by atoms with E-state index in [1.807, 2.05) is 30.3 Å². The molecule has 156 valence electrons. The summed E-state index contributed by atoms with van der Waals surface area (Å²) in [6.07, 6.45) is 4.94. The molecule has 0 bridgehead atoms. The van der Waals surface area contributed by atoms with E-state index in [0.717, 1.165) is 30.5 Å². The lowest BCUT2D eigenvalue weighted by Crippen LogP contribution is -2.29. The van der Waals surface area contributed by atoms with Crippen LogP contribution in [-0.2, 0) is 14.9 Å². The van der Waals surface area contributed by atoms with Gasteiger partial charge in [-0.15, -0.1) is 0 Å². The number of nitrogens with one attached hydrogen (secondary N) is 2. The van der Waals surface area contributed by atoms with Gasteiger partial charge in [0.1, 0.15) is 11.6 Å². The first-order valence-corrected chi connectivity index (χ1v) is 10.9. The van der Waals surface area contributed by atoms with Gasteiger partial charge in [0.25, 0.3) is 16.0 Å². The molecule has 1 saturated heterocycles. The molecular weight excluding hydrogens is 404 g/mol. The van der Waals surface area contributed by atoms with Gasteiger partial charge in [0.05, 0.1) is 4.90 Å². The van der Waals surface area contributed by atoms with Gasteiger partial charge >= 0.3 is 0 Å². The fourth-order valence-electron chi connectivity index (χ4n) is 3.16. The molecule has 1 fully saturated rings. The van der Waals surface area contributed by atoms with Gasteiger partial charge in [-0.1, -0.05) is 6.07 Å². The van der Waals surface area contributed by atoms with Crippen LogP contribution in [0.4, 0.5) is 17.1 Å². The molecule has 2 aromatic rings. The molecule has 1 aliphatic heterocycles. The highest BCUT2D eigenvalue weighted by atomic mass is 32.2. The molecule has 0 atom stereocenters. The molecule has 9 heteroatoms. The number of hydrogen-bond acceptors (Lipinski definition) is 6. The van der Waals surface area contributed by atoms with Gasteiger partial charge in [0, 0.05) is 36.4 Å². The van der Waals surface area contributed by atoms with Gasteiger partial charge in [-0.3, -0.25) is 9.35 Å². The Bertz CT molecular complexity index is 1080. The molecule has 0 aromatic heterocycles. The third-order valence-corrected chi connectivity index (χ3v) is 5.58. The van der Waals surface area contributed by atoms with E-state index in [2.05, 4.69) is 15.5 Å². The first-order chi connectivity index (χ1) is 14.4. The summed E-state index contributed by atoms with van der Waals surface area (Å²) in [5, 5.41) is 14.7. The molecule has 3 rings (SSSR count). The minimum atomic E-state index is -4.39. The van der Waals surface area contributed by atoms with Crippen molar-refractivity contribution in [2.45, 2.75) is 24.2 Å². The summed E-state index contributed by atoms with van der Waals surface area (Å²) in [4.78, 5) is 14.3. The van der Waals surface area contributed by atoms with Crippen molar-refractivity contribution in [1.82, 2.24) is 0 Å². The summed E-state index contributed by atoms with van der Waals surface area (Å²) in [7, 11) is -4.39. The number of carbonyl (C=O) groups is 1. The molecule has 0 unspecified atom stereocenters. The highest BCUT2D eigenvalue weighted by Gasteiger charge is 2.14. The van der Waals surface area contributed by atoms with Gasteiger partial charge in [0.15, 0.2) is 0 Å². The van der Waals surface area contributed by atoms with Crippen molar-refractivity contribution in [2.24, 2.45) is 0 Å². The maximum atomic E-state index is 12.3. The number of carbonyl (C=O) groups excluding carboxylic acids is 1. The number of nitriles is 1. The summed E-state index contributed by atoms with van der Waals surface area (Å²) in [5.41, 5.74) is 1.82. The van der Waals surface area contributed by atoms with Crippen LogP contribution in [0.2, 0.25) is 0 Å². The molecule has 0 radical (unpaired) electrons. The average Bonchev–Trinajstić information content (AvgIpc) is 2.75. The second kappa shape index (κ2) is 9.43. The van der Waals surface area contributed by atoms with E-state index in [-0.39, 0.29) is 16.2 Å². The normalized spacial score (nSPS) is 14.7. The molecule has 1 heterocycles. The van der Waals surface area contributed by atoms with E-state index in [0.29, 0.717) is 0 Å². The van der Waals surface area contributed by atoms with Gasteiger partial charge < -0.3 is 15.5 Å². The topological polar surface area (TPSA) is 123 Å². The van der Waals surface area contributed by atoms with Crippen LogP contribution in [0.15, 0.2) is 65.2 Å². The van der Waals surface area contributed by atoms with Crippen LogP contribution in [0.3, 0.4) is 0 Å². The van der Waals surface area contributed by atoms with Gasteiger partial charge in [-0.2, -0.15) is 13.7 Å². The first kappa shape index (κ1) is 21.4. The van der Waals surface area contributed by atoms with Crippen LogP contribution in [-0.4, -0.2) is 32.0 Å². The van der Waals surface area contributed by atoms with Crippen molar-refractivity contribution in [3.05, 3.63) is 60.3 Å². The Morgan fingerprint density at radius 2 is 1.77 bits per heavy atom. The summed E-state index contributed by atoms with van der Waals surface area (Å²) < 4.78 is 31.5. The standard InChI is InChI=1S/C21H22N4O4S/c22-14-16(21(26)24-18-5-4-6-20(13-18)30(27,28)29)15-23-17-7-9-19(10-8-17)25-11-2-1-3-12-25/h4-10,13,15,23H,1-3,11-12H2,(H,24,26)(H,27,28,29)/b16-15-. The van der Waals surface area contributed by atoms with Gasteiger partial charge in [0.2, 0.25) is 0 Å². The monoisotopic (exact) mass is 426 g/mol. The SMILES string of the molecule is N#C/C(=C/Nc1ccc(N2CCCCC2)cc1)C(=O)Nc1cccc(S(=O)(=O)O)c1. The van der Waals surface area contributed by atoms with Crippen LogP contribution in [0.5, 0.6) is 0 Å². The lowest BCUT2D eigenvalue weighted by Gasteiger charge is -2.28. The van der Waals surface area contributed by atoms with E-state index in [1.54, 1.807) is 0 Å². The summed E-state index contributed by atoms with van der Waals surface area (Å²) in [6, 6.07) is 14.7. The van der Waals surface area contributed by atoms with E-state index in [4.69, 9.17) is 4.55 Å². The van der Waals surface area contributed by atoms with Crippen LogP contribution >= 0.6 is 0 Å². The Morgan fingerprint density at radius 3 is 2.40 bits per heavy atom. The van der Waals surface area contributed by atoms with Crippen molar-refractivity contribution < 1.29 is 17.8 Å². The minimum absolute atomic E-state index is 0.141. The number of benzene rings is 2. The van der Waals surface area contributed by atoms with Gasteiger partial charge in [-0.25, -0.2) is 0 Å². The number of hydrogen-bond donors (Lipinski definition) is 3. The molecule has 1 aliphatic rings. The first-order valence-electron chi connectivity index (χ1n) is 9.47. The van der Waals surface area contributed by atoms with E-state index in [1.165, 1.54) is 43.7 Å². The Labute approximate surface area is 175 Å². The fourth-order valence-corrected chi connectivity index (χ4v) is 3.68. The highest BCUT2D eigenvalue weighted by molar-refractivity contribution is 7.85. The molecule has 3 N–H and O–H groups in total. The van der Waals surface area contributed by atoms with Gasteiger partial charge in [-0.05, 0) is 61.7 Å². The van der Waals surface area contributed by atoms with E-state index >= 15 is 0 Å². The molecule has 0 spiro atoms. The maximum absolute atomic E-state index is 12.3. The molecule has 2 aromatic carbocycles. The average molecular weight is 426 g/mol. The smallest absolute Gasteiger partial charge is 0.294 e. The quantitative estimate of drug-likeness (QED) is 0.368. The highest BCUT2D eigenvalue weighted by Crippen LogP contribution is 2.22. The largest absolute Gasteiger partial charge is 0.372 e. The Hall–Kier alpha value is -3.35. The predicted octanol–water partition coefficient (Wildman–Crippen LogP) is 3.38. The molecular formula is C21H22N4O4S. The zero-order chi connectivity index (χ0) is 21.6. The zero-order valence-electron chi connectivity index (χ0n) is 16.2. The van der Waals surface area contributed by atoms with Crippen molar-refractivity contribution in [2.75, 3.05) is 28.6 Å². The van der Waals surface area contributed by atoms with Crippen LogP contribution < -0.4 is 15.5 Å². The van der Waals surface area contributed by atoms with Crippen molar-refractivity contribution in [3.8, 4) is 6.07 Å². The molecule has 1 amide bonds. The number of rotatable bonds is 6. The fraction of sp³-hybridized carbons (Fsp3) is 0.238. The lowest BCUT2D eigenvalue weighted by molar-refractivity contribution is -0.112. The van der Waals surface area contributed by atoms with Crippen LogP contribution in [0.25, 0.3) is 0 Å². The van der Waals surface area contributed by atoms with E-state index < -0.39 is 16.0 Å². The molecule has 0 aliphatic carbocycles. The minimum Gasteiger partial charge on any atom is -0.372 e. The summed E-state index contributed by atoms with van der Waals surface area (Å²) >= 11 is 0. The molecule has 0 saturated carbocycles. The molecule has 8 nitrogen and oxygen atoms in total. The maximum Gasteiger partial charge on any atom is 0.294 e. The van der Waals surface area contributed by atoms with E-state index in [9.17, 15) is 18.5 Å². The Morgan fingerprint density at radius 1 is 1.07 bits per heavy atom. The second-order valence-corrected chi connectivity index (χ2v) is 8.29. The lowest BCUT2D eigenvalue weighted by atomic mass is 10.1. The Balaban J connectivity index is 1.65. The van der Waals surface area contributed by atoms with Crippen molar-refractivity contribution in [1.29, 1.82) is 5.26 Å². The number of nitrogens with zero attached hydrogens (tertiary/aromatic N) is 2. The predicted molar refractivity (Wildman–Crippen MR) is 115 cm³/mol. The Kier molecular flexibility index (Phi) is 6.72. The summed E-state index contributed by atoms with van der Waals surface area (Å²) in [5.74, 6) is -0.706. The van der Waals surface area contributed by atoms with Crippen LogP contribution in [0.1, 0.15) is 19.3 Å². The third-order valence-electron chi connectivity index (χ3n) is 4.73. The third kappa shape index (κ3) is 5.59. The van der Waals surface area contributed by atoms with Crippen LogP contribution in [0, 0.1) is 11.3 Å². The number of anilines is 3.